The summed E-state index contributed by atoms with van der Waals surface area (Å²) in [6, 6.07) is 2.70. The van der Waals surface area contributed by atoms with Gasteiger partial charge in [0.2, 0.25) is 5.91 Å². The molecule has 1 heterocycles. The highest BCUT2D eigenvalue weighted by Gasteiger charge is 2.27. The Balaban J connectivity index is 2.71. The van der Waals surface area contributed by atoms with Gasteiger partial charge in [0.05, 0.1) is 6.54 Å². The number of hydrogen-bond donors (Lipinski definition) is 2. The van der Waals surface area contributed by atoms with Crippen LogP contribution in [0.15, 0.2) is 17.5 Å². The highest BCUT2D eigenvalue weighted by atomic mass is 32.1. The summed E-state index contributed by atoms with van der Waals surface area (Å²) in [5, 5.41) is 4.52. The molecular weight excluding hydrogens is 262 g/mol. The van der Waals surface area contributed by atoms with E-state index >= 15 is 0 Å². The molecule has 1 aromatic heterocycles. The van der Waals surface area contributed by atoms with Gasteiger partial charge in [0.25, 0.3) is 0 Å². The van der Waals surface area contributed by atoms with Crippen LogP contribution in [0, 0.1) is 5.92 Å². The van der Waals surface area contributed by atoms with Gasteiger partial charge in [-0.25, -0.2) is 4.79 Å². The molecule has 19 heavy (non-hydrogen) atoms. The standard InChI is InChI=1S/C13H21N3O2S/c1-4-9(2)11(15-13(14)18)12(17)16(3)8-10-6-5-7-19-10/h5-7,9,11H,4,8H2,1-3H3,(H3,14,15,18)/t9-,11-/m0/s1. The highest BCUT2D eigenvalue weighted by Crippen LogP contribution is 2.14. The van der Waals surface area contributed by atoms with Crippen molar-refractivity contribution in [2.75, 3.05) is 7.05 Å². The van der Waals surface area contributed by atoms with Crippen molar-refractivity contribution in [3.8, 4) is 0 Å². The number of nitrogens with two attached hydrogens (primary N) is 1. The molecule has 1 aromatic rings. The molecule has 0 aliphatic rings. The number of hydrogen-bond acceptors (Lipinski definition) is 3. The number of nitrogens with one attached hydrogen (secondary N) is 1. The predicted octanol–water partition coefficient (Wildman–Crippen LogP) is 1.79. The molecule has 3 N–H and O–H groups in total. The molecule has 3 amide bonds. The average molecular weight is 283 g/mol. The van der Waals surface area contributed by atoms with Crippen molar-refractivity contribution >= 4 is 23.3 Å². The van der Waals surface area contributed by atoms with Crippen molar-refractivity contribution < 1.29 is 9.59 Å². The average Bonchev–Trinajstić information content (AvgIpc) is 2.86. The van der Waals surface area contributed by atoms with Crippen molar-refractivity contribution in [1.82, 2.24) is 10.2 Å². The van der Waals surface area contributed by atoms with Gasteiger partial charge in [-0.2, -0.15) is 0 Å². The monoisotopic (exact) mass is 283 g/mol. The zero-order chi connectivity index (χ0) is 14.4. The van der Waals surface area contributed by atoms with E-state index in [-0.39, 0.29) is 11.8 Å². The van der Waals surface area contributed by atoms with E-state index in [0.717, 1.165) is 11.3 Å². The van der Waals surface area contributed by atoms with Gasteiger partial charge < -0.3 is 16.0 Å². The lowest BCUT2D eigenvalue weighted by Gasteiger charge is -2.27. The molecule has 5 nitrogen and oxygen atoms in total. The molecular formula is C13H21N3O2S. The molecule has 0 fully saturated rings. The zero-order valence-electron chi connectivity index (χ0n) is 11.6. The lowest BCUT2D eigenvalue weighted by atomic mass is 9.98. The number of carbonyl (C=O) groups is 2. The van der Waals surface area contributed by atoms with Crippen molar-refractivity contribution in [2.24, 2.45) is 11.7 Å². The summed E-state index contributed by atoms with van der Waals surface area (Å²) in [6.45, 7) is 4.45. The van der Waals surface area contributed by atoms with Crippen LogP contribution in [-0.2, 0) is 11.3 Å². The predicted molar refractivity (Wildman–Crippen MR) is 76.8 cm³/mol. The largest absolute Gasteiger partial charge is 0.352 e. The molecule has 0 saturated heterocycles. The Kier molecular flexibility index (Phi) is 5.82. The second-order valence-corrected chi connectivity index (χ2v) is 5.68. The van der Waals surface area contributed by atoms with Crippen LogP contribution >= 0.6 is 11.3 Å². The quantitative estimate of drug-likeness (QED) is 0.835. The van der Waals surface area contributed by atoms with Crippen LogP contribution < -0.4 is 11.1 Å². The number of likely N-dealkylation sites (N-methyl/N-ethyl adjacent to an activating group) is 1. The van der Waals surface area contributed by atoms with E-state index in [9.17, 15) is 9.59 Å². The van der Waals surface area contributed by atoms with E-state index < -0.39 is 12.1 Å². The van der Waals surface area contributed by atoms with Crippen LogP contribution in [0.25, 0.3) is 0 Å². The van der Waals surface area contributed by atoms with Crippen LogP contribution in [0.2, 0.25) is 0 Å². The molecule has 0 aliphatic carbocycles. The van der Waals surface area contributed by atoms with Crippen LogP contribution in [0.4, 0.5) is 4.79 Å². The number of primary amides is 1. The van der Waals surface area contributed by atoms with Gasteiger partial charge in [-0.05, 0) is 17.4 Å². The molecule has 0 radical (unpaired) electrons. The Morgan fingerprint density at radius 2 is 2.21 bits per heavy atom. The summed E-state index contributed by atoms with van der Waals surface area (Å²) < 4.78 is 0. The van der Waals surface area contributed by atoms with Gasteiger partial charge in [-0.3, -0.25) is 4.79 Å². The molecule has 0 unspecified atom stereocenters. The van der Waals surface area contributed by atoms with E-state index in [1.54, 1.807) is 23.3 Å². The maximum Gasteiger partial charge on any atom is 0.312 e. The maximum absolute atomic E-state index is 12.4. The number of amides is 3. The fourth-order valence-corrected chi connectivity index (χ4v) is 2.55. The summed E-state index contributed by atoms with van der Waals surface area (Å²) in [4.78, 5) is 26.1. The third-order valence-electron chi connectivity index (χ3n) is 3.13. The van der Waals surface area contributed by atoms with Crippen LogP contribution in [0.3, 0.4) is 0 Å². The SMILES string of the molecule is CC[C@H](C)[C@H](NC(N)=O)C(=O)N(C)Cc1cccs1. The number of urea groups is 1. The number of carbonyl (C=O) groups excluding carboxylic acids is 2. The first-order chi connectivity index (χ1) is 8.95. The smallest absolute Gasteiger partial charge is 0.312 e. The van der Waals surface area contributed by atoms with Crippen LogP contribution in [0.1, 0.15) is 25.1 Å². The lowest BCUT2D eigenvalue weighted by Crippen LogP contribution is -2.51. The summed E-state index contributed by atoms with van der Waals surface area (Å²) in [5.41, 5.74) is 5.14. The zero-order valence-corrected chi connectivity index (χ0v) is 12.4. The fraction of sp³-hybridized carbons (Fsp3) is 0.538. The van der Waals surface area contributed by atoms with Gasteiger partial charge in [0, 0.05) is 11.9 Å². The molecule has 1 rings (SSSR count). The first kappa shape index (κ1) is 15.5. The number of rotatable bonds is 6. The molecule has 106 valence electrons. The molecule has 2 atom stereocenters. The fourth-order valence-electron chi connectivity index (χ4n) is 1.79. The summed E-state index contributed by atoms with van der Waals surface area (Å²) >= 11 is 1.60. The van der Waals surface area contributed by atoms with Gasteiger partial charge in [0.1, 0.15) is 6.04 Å². The third kappa shape index (κ3) is 4.55. The van der Waals surface area contributed by atoms with E-state index in [2.05, 4.69) is 5.32 Å². The number of nitrogens with zero attached hydrogens (tertiary/aromatic N) is 1. The van der Waals surface area contributed by atoms with Crippen LogP contribution in [0.5, 0.6) is 0 Å². The molecule has 0 aliphatic heterocycles. The number of thiophene rings is 1. The van der Waals surface area contributed by atoms with Crippen molar-refractivity contribution in [3.05, 3.63) is 22.4 Å². The maximum atomic E-state index is 12.4. The van der Waals surface area contributed by atoms with Crippen molar-refractivity contribution in [1.29, 1.82) is 0 Å². The van der Waals surface area contributed by atoms with E-state index in [0.29, 0.717) is 6.54 Å². The minimum atomic E-state index is -0.664. The Morgan fingerprint density at radius 1 is 1.53 bits per heavy atom. The molecule has 0 saturated carbocycles. The molecule has 0 aromatic carbocycles. The van der Waals surface area contributed by atoms with E-state index in [1.165, 1.54) is 0 Å². The van der Waals surface area contributed by atoms with Crippen LogP contribution in [-0.4, -0.2) is 29.9 Å². The topological polar surface area (TPSA) is 75.4 Å². The third-order valence-corrected chi connectivity index (χ3v) is 3.99. The van der Waals surface area contributed by atoms with E-state index in [4.69, 9.17) is 5.73 Å². The Morgan fingerprint density at radius 3 is 2.68 bits per heavy atom. The Bertz CT molecular complexity index is 420. The van der Waals surface area contributed by atoms with Gasteiger partial charge in [-0.1, -0.05) is 26.3 Å². The normalized spacial score (nSPS) is 13.6. The van der Waals surface area contributed by atoms with E-state index in [1.807, 2.05) is 31.4 Å². The van der Waals surface area contributed by atoms with Crippen molar-refractivity contribution in [2.45, 2.75) is 32.9 Å². The Labute approximate surface area is 117 Å². The van der Waals surface area contributed by atoms with Gasteiger partial charge in [-0.15, -0.1) is 11.3 Å². The van der Waals surface area contributed by atoms with Crippen molar-refractivity contribution in [3.63, 3.8) is 0 Å². The summed E-state index contributed by atoms with van der Waals surface area (Å²) in [7, 11) is 1.74. The molecule has 6 heteroatoms. The summed E-state index contributed by atoms with van der Waals surface area (Å²) in [5.74, 6) is -0.0627. The second-order valence-electron chi connectivity index (χ2n) is 4.65. The second kappa shape index (κ2) is 7.13. The minimum Gasteiger partial charge on any atom is -0.352 e. The summed E-state index contributed by atoms with van der Waals surface area (Å²) in [6.07, 6.45) is 0.795. The first-order valence-corrected chi connectivity index (χ1v) is 7.17. The van der Waals surface area contributed by atoms with Gasteiger partial charge >= 0.3 is 6.03 Å². The van der Waals surface area contributed by atoms with Gasteiger partial charge in [0.15, 0.2) is 0 Å². The molecule has 0 bridgehead atoms. The Hall–Kier alpha value is -1.56. The molecule has 0 spiro atoms. The lowest BCUT2D eigenvalue weighted by molar-refractivity contribution is -0.133. The highest BCUT2D eigenvalue weighted by molar-refractivity contribution is 7.09. The minimum absolute atomic E-state index is 0.0470. The first-order valence-electron chi connectivity index (χ1n) is 6.29.